The fourth-order valence-corrected chi connectivity index (χ4v) is 4.46. The van der Waals surface area contributed by atoms with Crippen molar-refractivity contribution in [1.29, 1.82) is 0 Å². The van der Waals surface area contributed by atoms with Crippen molar-refractivity contribution >= 4 is 5.96 Å². The molecule has 0 amide bonds. The van der Waals surface area contributed by atoms with Crippen LogP contribution >= 0.6 is 0 Å². The average Bonchev–Trinajstić information content (AvgIpc) is 3.49. The van der Waals surface area contributed by atoms with E-state index < -0.39 is 0 Å². The highest BCUT2D eigenvalue weighted by atomic mass is 19.1. The Hall–Kier alpha value is -3.15. The van der Waals surface area contributed by atoms with Crippen molar-refractivity contribution in [3.8, 4) is 11.1 Å². The molecule has 0 bridgehead atoms. The second-order valence-electron chi connectivity index (χ2n) is 8.55. The molecule has 160 valence electrons. The molecule has 1 aromatic heterocycles. The van der Waals surface area contributed by atoms with Crippen molar-refractivity contribution in [3.05, 3.63) is 77.4 Å². The fourth-order valence-electron chi connectivity index (χ4n) is 4.46. The molecule has 1 saturated heterocycles. The number of benzene rings is 2. The van der Waals surface area contributed by atoms with Gasteiger partial charge in [0.1, 0.15) is 17.3 Å². The lowest BCUT2D eigenvalue weighted by Crippen LogP contribution is -2.40. The minimum atomic E-state index is -0.288. The lowest BCUT2D eigenvalue weighted by Gasteiger charge is -2.27. The number of guanidine groups is 1. The monoisotopic (exact) mass is 418 g/mol. The zero-order valence-electron chi connectivity index (χ0n) is 17.6. The average molecular weight is 419 g/mol. The topological polar surface area (TPSA) is 67.6 Å². The molecule has 5 nitrogen and oxygen atoms in total. The Balaban J connectivity index is 1.33. The summed E-state index contributed by atoms with van der Waals surface area (Å²) in [6.07, 6.45) is 5.42. The van der Waals surface area contributed by atoms with Crippen LogP contribution in [-0.4, -0.2) is 29.1 Å². The number of hydrogen-bond acceptors (Lipinski definition) is 3. The minimum absolute atomic E-state index is 0.214. The van der Waals surface area contributed by atoms with Crippen molar-refractivity contribution in [2.75, 3.05) is 13.1 Å². The van der Waals surface area contributed by atoms with E-state index in [1.807, 2.05) is 48.5 Å². The first-order valence-corrected chi connectivity index (χ1v) is 11.0. The van der Waals surface area contributed by atoms with Gasteiger partial charge in [0.25, 0.3) is 0 Å². The number of hydrogen-bond donors (Lipinski definition) is 1. The number of aromatic nitrogens is 1. The SMILES string of the molecule is NC(=NCc1cc(C2(c3ccc(-c4ccccc4)c(F)c3)CC2)on1)N1CCCCC1. The van der Waals surface area contributed by atoms with Crippen molar-refractivity contribution < 1.29 is 8.91 Å². The van der Waals surface area contributed by atoms with E-state index in [1.165, 1.54) is 6.42 Å². The molecule has 1 aliphatic heterocycles. The molecule has 1 aliphatic carbocycles. The number of aliphatic imine (C=N–C) groups is 1. The number of nitrogens with two attached hydrogens (primary N) is 1. The largest absolute Gasteiger partial charge is 0.370 e. The quantitative estimate of drug-likeness (QED) is 0.475. The third-order valence-corrected chi connectivity index (χ3v) is 6.47. The molecule has 3 aromatic rings. The Kier molecular flexibility index (Phi) is 5.22. The summed E-state index contributed by atoms with van der Waals surface area (Å²) in [5, 5.41) is 4.20. The minimum Gasteiger partial charge on any atom is -0.370 e. The number of halogens is 1. The molecule has 0 unspecified atom stereocenters. The molecule has 2 aromatic carbocycles. The van der Waals surface area contributed by atoms with Gasteiger partial charge < -0.3 is 15.2 Å². The van der Waals surface area contributed by atoms with Gasteiger partial charge in [-0.25, -0.2) is 9.38 Å². The van der Waals surface area contributed by atoms with Crippen LogP contribution in [0.3, 0.4) is 0 Å². The van der Waals surface area contributed by atoms with Crippen LogP contribution in [0.4, 0.5) is 4.39 Å². The van der Waals surface area contributed by atoms with Gasteiger partial charge in [-0.3, -0.25) is 0 Å². The highest BCUT2D eigenvalue weighted by Crippen LogP contribution is 2.54. The number of rotatable bonds is 5. The molecule has 6 heteroatoms. The van der Waals surface area contributed by atoms with Crippen LogP contribution in [0.2, 0.25) is 0 Å². The predicted octanol–water partition coefficient (Wildman–Crippen LogP) is 4.86. The molecule has 2 fully saturated rings. The molecule has 0 radical (unpaired) electrons. The molecule has 0 spiro atoms. The maximum atomic E-state index is 14.9. The first kappa shape index (κ1) is 19.8. The van der Waals surface area contributed by atoms with Crippen LogP contribution in [-0.2, 0) is 12.0 Å². The predicted molar refractivity (Wildman–Crippen MR) is 119 cm³/mol. The van der Waals surface area contributed by atoms with Crippen molar-refractivity contribution in [3.63, 3.8) is 0 Å². The Labute approximate surface area is 181 Å². The Bertz CT molecular complexity index is 1080. The Morgan fingerprint density at radius 1 is 1.06 bits per heavy atom. The van der Waals surface area contributed by atoms with Gasteiger partial charge >= 0.3 is 0 Å². The Morgan fingerprint density at radius 2 is 1.84 bits per heavy atom. The van der Waals surface area contributed by atoms with E-state index in [0.29, 0.717) is 18.1 Å². The second kappa shape index (κ2) is 8.17. The second-order valence-corrected chi connectivity index (χ2v) is 8.55. The van der Waals surface area contributed by atoms with Crippen molar-refractivity contribution in [2.45, 2.75) is 44.1 Å². The van der Waals surface area contributed by atoms with Gasteiger partial charge in [-0.1, -0.05) is 47.6 Å². The number of piperidine rings is 1. The van der Waals surface area contributed by atoms with Gasteiger partial charge in [-0.15, -0.1) is 0 Å². The van der Waals surface area contributed by atoms with E-state index in [4.69, 9.17) is 10.3 Å². The summed E-state index contributed by atoms with van der Waals surface area (Å²) in [6.45, 7) is 2.32. The highest BCUT2D eigenvalue weighted by Gasteiger charge is 2.49. The number of nitrogens with zero attached hydrogens (tertiary/aromatic N) is 3. The van der Waals surface area contributed by atoms with Gasteiger partial charge in [-0.2, -0.15) is 0 Å². The van der Waals surface area contributed by atoms with Crippen LogP contribution in [0.5, 0.6) is 0 Å². The summed E-state index contributed by atoms with van der Waals surface area (Å²) in [7, 11) is 0. The lowest BCUT2D eigenvalue weighted by atomic mass is 9.91. The van der Waals surface area contributed by atoms with E-state index in [0.717, 1.165) is 61.4 Å². The molecule has 31 heavy (non-hydrogen) atoms. The van der Waals surface area contributed by atoms with Gasteiger partial charge in [0.15, 0.2) is 5.96 Å². The normalized spacial score (nSPS) is 18.2. The molecular weight excluding hydrogens is 391 g/mol. The fraction of sp³-hybridized carbons (Fsp3) is 0.360. The van der Waals surface area contributed by atoms with Crippen molar-refractivity contribution in [1.82, 2.24) is 10.1 Å². The molecule has 2 aliphatic rings. The standard InChI is InChI=1S/C25H27FN4O/c26-22-15-19(9-10-21(22)18-7-3-1-4-8-18)25(11-12-25)23-16-20(29-31-23)17-28-24(27)30-13-5-2-6-14-30/h1,3-4,7-10,15-16H,2,5-6,11-14,17H2,(H2,27,28). The Morgan fingerprint density at radius 3 is 2.55 bits per heavy atom. The van der Waals surface area contributed by atoms with Gasteiger partial charge in [-0.05, 0) is 49.3 Å². The summed E-state index contributed by atoms with van der Waals surface area (Å²) in [4.78, 5) is 6.63. The maximum Gasteiger partial charge on any atom is 0.191 e. The van der Waals surface area contributed by atoms with Crippen LogP contribution < -0.4 is 5.73 Å². The summed E-state index contributed by atoms with van der Waals surface area (Å²) in [6, 6.07) is 17.1. The molecule has 5 rings (SSSR count). The van der Waals surface area contributed by atoms with Gasteiger partial charge in [0, 0.05) is 24.7 Å². The summed E-state index contributed by atoms with van der Waals surface area (Å²) < 4.78 is 20.6. The first-order chi connectivity index (χ1) is 15.2. The van der Waals surface area contributed by atoms with Gasteiger partial charge in [0.05, 0.1) is 12.0 Å². The van der Waals surface area contributed by atoms with E-state index in [2.05, 4.69) is 15.0 Å². The molecule has 2 N–H and O–H groups in total. The number of likely N-dealkylation sites (tertiary alicyclic amines) is 1. The third kappa shape index (κ3) is 3.94. The maximum absolute atomic E-state index is 14.9. The zero-order valence-corrected chi connectivity index (χ0v) is 17.6. The zero-order chi connectivity index (χ0) is 21.3. The molecule has 1 saturated carbocycles. The van der Waals surface area contributed by atoms with Crippen LogP contribution in [0, 0.1) is 5.82 Å². The van der Waals surface area contributed by atoms with E-state index >= 15 is 0 Å². The van der Waals surface area contributed by atoms with Crippen LogP contribution in [0.15, 0.2) is 64.1 Å². The van der Waals surface area contributed by atoms with Crippen molar-refractivity contribution in [2.24, 2.45) is 10.7 Å². The van der Waals surface area contributed by atoms with Crippen LogP contribution in [0.1, 0.15) is 49.1 Å². The van der Waals surface area contributed by atoms with Gasteiger partial charge in [0.2, 0.25) is 0 Å². The van der Waals surface area contributed by atoms with Crippen LogP contribution in [0.25, 0.3) is 11.1 Å². The third-order valence-electron chi connectivity index (χ3n) is 6.47. The highest BCUT2D eigenvalue weighted by molar-refractivity contribution is 5.78. The van der Waals surface area contributed by atoms with E-state index in [9.17, 15) is 4.39 Å². The van der Waals surface area contributed by atoms with E-state index in [-0.39, 0.29) is 11.2 Å². The lowest BCUT2D eigenvalue weighted by molar-refractivity contribution is 0.337. The smallest absolute Gasteiger partial charge is 0.191 e. The molecular formula is C25H27FN4O. The molecule has 2 heterocycles. The summed E-state index contributed by atoms with van der Waals surface area (Å²) >= 11 is 0. The molecule has 0 atom stereocenters. The summed E-state index contributed by atoms with van der Waals surface area (Å²) in [5.74, 6) is 1.14. The first-order valence-electron chi connectivity index (χ1n) is 11.0. The summed E-state index contributed by atoms with van der Waals surface area (Å²) in [5.41, 5.74) is 9.03. The van der Waals surface area contributed by atoms with E-state index in [1.54, 1.807) is 6.07 Å².